The van der Waals surface area contributed by atoms with Crippen molar-refractivity contribution in [3.8, 4) is 0 Å². The highest BCUT2D eigenvalue weighted by molar-refractivity contribution is 7.98. The Hall–Kier alpha value is -1.90. The molecule has 1 amide bonds. The molecule has 0 bridgehead atoms. The molecule has 0 unspecified atom stereocenters. The standard InChI is InChI=1S/C15H17N3O3S2/c1-11(19)18-14-9-13(3-4-15(14)22-2)23(20,21)17-10-12-5-7-16-8-6-12/h3-9,17H,10H2,1-2H3,(H,18,19). The molecule has 0 fully saturated rings. The number of pyridine rings is 1. The van der Waals surface area contributed by atoms with Gasteiger partial charge >= 0.3 is 0 Å². The number of benzene rings is 1. The van der Waals surface area contributed by atoms with Crippen LogP contribution < -0.4 is 10.0 Å². The quantitative estimate of drug-likeness (QED) is 0.779. The molecular formula is C15H17N3O3S2. The van der Waals surface area contributed by atoms with Crippen LogP contribution in [0.5, 0.6) is 0 Å². The molecule has 0 radical (unpaired) electrons. The number of carbonyl (C=O) groups excluding carboxylic acids is 1. The van der Waals surface area contributed by atoms with E-state index in [9.17, 15) is 13.2 Å². The number of aromatic nitrogens is 1. The van der Waals surface area contributed by atoms with Crippen LogP contribution in [-0.2, 0) is 21.4 Å². The number of hydrogen-bond acceptors (Lipinski definition) is 5. The lowest BCUT2D eigenvalue weighted by Gasteiger charge is -2.12. The van der Waals surface area contributed by atoms with Gasteiger partial charge in [-0.25, -0.2) is 13.1 Å². The Morgan fingerprint density at radius 2 is 1.91 bits per heavy atom. The summed E-state index contributed by atoms with van der Waals surface area (Å²) in [7, 11) is -3.67. The molecule has 1 aromatic heterocycles. The van der Waals surface area contributed by atoms with E-state index < -0.39 is 10.0 Å². The number of nitrogens with zero attached hydrogens (tertiary/aromatic N) is 1. The van der Waals surface area contributed by atoms with Gasteiger partial charge in [0.05, 0.1) is 10.6 Å². The van der Waals surface area contributed by atoms with Gasteiger partial charge in [0.2, 0.25) is 15.9 Å². The fourth-order valence-electron chi connectivity index (χ4n) is 1.90. The van der Waals surface area contributed by atoms with Gasteiger partial charge in [0.25, 0.3) is 0 Å². The zero-order valence-electron chi connectivity index (χ0n) is 12.7. The Morgan fingerprint density at radius 3 is 2.52 bits per heavy atom. The van der Waals surface area contributed by atoms with Gasteiger partial charge in [0, 0.05) is 30.8 Å². The number of rotatable bonds is 6. The van der Waals surface area contributed by atoms with Crippen LogP contribution in [0.25, 0.3) is 0 Å². The van der Waals surface area contributed by atoms with Gasteiger partial charge in [-0.1, -0.05) is 0 Å². The minimum absolute atomic E-state index is 0.105. The number of sulfonamides is 1. The van der Waals surface area contributed by atoms with Crippen molar-refractivity contribution in [2.75, 3.05) is 11.6 Å². The maximum atomic E-state index is 12.4. The van der Waals surface area contributed by atoms with Crippen LogP contribution in [0.2, 0.25) is 0 Å². The maximum absolute atomic E-state index is 12.4. The van der Waals surface area contributed by atoms with E-state index >= 15 is 0 Å². The number of anilines is 1. The molecule has 6 nitrogen and oxygen atoms in total. The van der Waals surface area contributed by atoms with Gasteiger partial charge in [0.15, 0.2) is 0 Å². The molecule has 2 rings (SSSR count). The minimum atomic E-state index is -3.67. The molecule has 0 aliphatic carbocycles. The first kappa shape index (κ1) is 17.5. The monoisotopic (exact) mass is 351 g/mol. The van der Waals surface area contributed by atoms with E-state index in [1.54, 1.807) is 30.6 Å². The molecule has 23 heavy (non-hydrogen) atoms. The Morgan fingerprint density at radius 1 is 1.22 bits per heavy atom. The Labute approximate surface area is 139 Å². The van der Waals surface area contributed by atoms with Gasteiger partial charge in [-0.15, -0.1) is 11.8 Å². The molecule has 0 aliphatic rings. The van der Waals surface area contributed by atoms with Crippen LogP contribution in [-0.4, -0.2) is 25.6 Å². The van der Waals surface area contributed by atoms with E-state index in [4.69, 9.17) is 0 Å². The van der Waals surface area contributed by atoms with Gasteiger partial charge in [-0.2, -0.15) is 0 Å². The summed E-state index contributed by atoms with van der Waals surface area (Å²) in [5, 5.41) is 2.65. The van der Waals surface area contributed by atoms with Crippen molar-refractivity contribution in [2.24, 2.45) is 0 Å². The first-order chi connectivity index (χ1) is 10.9. The van der Waals surface area contributed by atoms with E-state index in [0.717, 1.165) is 10.5 Å². The Kier molecular flexibility index (Phi) is 5.75. The smallest absolute Gasteiger partial charge is 0.240 e. The fraction of sp³-hybridized carbons (Fsp3) is 0.200. The summed E-state index contributed by atoms with van der Waals surface area (Å²) in [4.78, 5) is 16.1. The molecule has 122 valence electrons. The maximum Gasteiger partial charge on any atom is 0.240 e. The van der Waals surface area contributed by atoms with Crippen LogP contribution in [0, 0.1) is 0 Å². The summed E-state index contributed by atoms with van der Waals surface area (Å²) in [6.07, 6.45) is 5.06. The van der Waals surface area contributed by atoms with Gasteiger partial charge in [-0.3, -0.25) is 9.78 Å². The topological polar surface area (TPSA) is 88.2 Å². The van der Waals surface area contributed by atoms with Crippen molar-refractivity contribution < 1.29 is 13.2 Å². The van der Waals surface area contributed by atoms with Crippen molar-refractivity contribution >= 4 is 33.4 Å². The lowest BCUT2D eigenvalue weighted by Crippen LogP contribution is -2.23. The van der Waals surface area contributed by atoms with Gasteiger partial charge < -0.3 is 5.32 Å². The third-order valence-corrected chi connectivity index (χ3v) is 5.20. The third-order valence-electron chi connectivity index (χ3n) is 3.01. The summed E-state index contributed by atoms with van der Waals surface area (Å²) in [6.45, 7) is 1.55. The number of carbonyl (C=O) groups is 1. The molecule has 0 saturated carbocycles. The van der Waals surface area contributed by atoms with Gasteiger partial charge in [0.1, 0.15) is 0 Å². The molecule has 1 aromatic carbocycles. The molecule has 0 atom stereocenters. The highest BCUT2D eigenvalue weighted by Crippen LogP contribution is 2.28. The lowest BCUT2D eigenvalue weighted by molar-refractivity contribution is -0.114. The van der Waals surface area contributed by atoms with Crippen molar-refractivity contribution in [3.63, 3.8) is 0 Å². The van der Waals surface area contributed by atoms with Crippen molar-refractivity contribution in [1.82, 2.24) is 9.71 Å². The van der Waals surface area contributed by atoms with Crippen LogP contribution in [0.15, 0.2) is 52.5 Å². The fourth-order valence-corrected chi connectivity index (χ4v) is 3.48. The van der Waals surface area contributed by atoms with Crippen molar-refractivity contribution in [2.45, 2.75) is 23.3 Å². The molecule has 0 saturated heterocycles. The first-order valence-electron chi connectivity index (χ1n) is 6.76. The number of thioether (sulfide) groups is 1. The van der Waals surface area contributed by atoms with Crippen LogP contribution in [0.1, 0.15) is 12.5 Å². The summed E-state index contributed by atoms with van der Waals surface area (Å²) < 4.78 is 27.3. The largest absolute Gasteiger partial charge is 0.325 e. The van der Waals surface area contributed by atoms with Gasteiger partial charge in [-0.05, 0) is 42.2 Å². The summed E-state index contributed by atoms with van der Waals surface area (Å²) in [5.41, 5.74) is 1.29. The average molecular weight is 351 g/mol. The highest BCUT2D eigenvalue weighted by atomic mass is 32.2. The number of nitrogens with one attached hydrogen (secondary N) is 2. The Bertz CT molecular complexity index is 793. The average Bonchev–Trinajstić information content (AvgIpc) is 2.53. The first-order valence-corrected chi connectivity index (χ1v) is 9.47. The van der Waals surface area contributed by atoms with Crippen LogP contribution >= 0.6 is 11.8 Å². The lowest BCUT2D eigenvalue weighted by atomic mass is 10.3. The zero-order valence-corrected chi connectivity index (χ0v) is 14.4. The zero-order chi connectivity index (χ0) is 16.9. The van der Waals surface area contributed by atoms with E-state index in [1.807, 2.05) is 6.26 Å². The highest BCUT2D eigenvalue weighted by Gasteiger charge is 2.16. The predicted molar refractivity (Wildman–Crippen MR) is 90.8 cm³/mol. The molecule has 2 N–H and O–H groups in total. The summed E-state index contributed by atoms with van der Waals surface area (Å²) in [5.74, 6) is -0.250. The molecular weight excluding hydrogens is 334 g/mol. The van der Waals surface area contributed by atoms with E-state index in [2.05, 4.69) is 15.0 Å². The molecule has 0 spiro atoms. The van der Waals surface area contributed by atoms with Crippen molar-refractivity contribution in [1.29, 1.82) is 0 Å². The normalized spacial score (nSPS) is 11.2. The van der Waals surface area contributed by atoms with Crippen molar-refractivity contribution in [3.05, 3.63) is 48.3 Å². The number of hydrogen-bond donors (Lipinski definition) is 2. The van der Waals surface area contributed by atoms with E-state index in [0.29, 0.717) is 5.69 Å². The second kappa shape index (κ2) is 7.58. The number of amides is 1. The van der Waals surface area contributed by atoms with Crippen LogP contribution in [0.3, 0.4) is 0 Å². The SMILES string of the molecule is CSc1ccc(S(=O)(=O)NCc2ccncc2)cc1NC(C)=O. The second-order valence-electron chi connectivity index (χ2n) is 4.72. The Balaban J connectivity index is 2.23. The third kappa shape index (κ3) is 4.78. The van der Waals surface area contributed by atoms with E-state index in [1.165, 1.54) is 30.8 Å². The summed E-state index contributed by atoms with van der Waals surface area (Å²) in [6, 6.07) is 8.13. The van der Waals surface area contributed by atoms with Crippen LogP contribution in [0.4, 0.5) is 5.69 Å². The second-order valence-corrected chi connectivity index (χ2v) is 7.34. The molecule has 8 heteroatoms. The molecule has 2 aromatic rings. The molecule has 0 aliphatic heterocycles. The van der Waals surface area contributed by atoms with E-state index in [-0.39, 0.29) is 17.3 Å². The summed E-state index contributed by atoms with van der Waals surface area (Å²) >= 11 is 1.43. The minimum Gasteiger partial charge on any atom is -0.325 e. The molecule has 1 heterocycles. The predicted octanol–water partition coefficient (Wildman–Crippen LogP) is 2.24.